The maximum absolute atomic E-state index is 12.3. The average Bonchev–Trinajstić information content (AvgIpc) is 2.36. The monoisotopic (exact) mass is 281 g/mol. The molecule has 3 amide bonds. The molecule has 1 aliphatic heterocycles. The second-order valence-electron chi connectivity index (χ2n) is 4.26. The third-order valence-corrected chi connectivity index (χ3v) is 3.26. The van der Waals surface area contributed by atoms with Gasteiger partial charge in [-0.2, -0.15) is 0 Å². The first-order chi connectivity index (χ1) is 8.90. The molecular formula is C12H12ClN3O3. The Kier molecular flexibility index (Phi) is 3.44. The minimum absolute atomic E-state index is 0.159. The molecule has 1 heterocycles. The maximum Gasteiger partial charge on any atom is 0.255 e. The van der Waals surface area contributed by atoms with Crippen molar-refractivity contribution in [1.82, 2.24) is 10.2 Å². The van der Waals surface area contributed by atoms with Crippen LogP contribution in [0, 0.1) is 0 Å². The Morgan fingerprint density at radius 2 is 2.16 bits per heavy atom. The van der Waals surface area contributed by atoms with Crippen molar-refractivity contribution in [2.45, 2.75) is 13.0 Å². The number of carbonyl (C=O) groups is 3. The fourth-order valence-corrected chi connectivity index (χ4v) is 1.97. The smallest absolute Gasteiger partial charge is 0.255 e. The standard InChI is InChI=1S/C12H12ClN3O3/c1-6-11(18)15-10(17)5-16(6)12(19)7-2-3-9(14)8(13)4-7/h2-4,6H,5,14H2,1H3,(H,15,17,18). The lowest BCUT2D eigenvalue weighted by molar-refractivity contribution is -0.138. The van der Waals surface area contributed by atoms with Crippen molar-refractivity contribution in [2.75, 3.05) is 12.3 Å². The van der Waals surface area contributed by atoms with Gasteiger partial charge in [-0.1, -0.05) is 11.6 Å². The molecule has 3 N–H and O–H groups in total. The van der Waals surface area contributed by atoms with Crippen molar-refractivity contribution >= 4 is 35.0 Å². The van der Waals surface area contributed by atoms with Gasteiger partial charge in [-0.05, 0) is 25.1 Å². The molecule has 19 heavy (non-hydrogen) atoms. The summed E-state index contributed by atoms with van der Waals surface area (Å²) in [4.78, 5) is 36.3. The first-order valence-electron chi connectivity index (χ1n) is 5.60. The highest BCUT2D eigenvalue weighted by Crippen LogP contribution is 2.21. The highest BCUT2D eigenvalue weighted by atomic mass is 35.5. The predicted molar refractivity (Wildman–Crippen MR) is 69.5 cm³/mol. The van der Waals surface area contributed by atoms with Crippen LogP contribution in [0.3, 0.4) is 0 Å². The van der Waals surface area contributed by atoms with E-state index in [0.29, 0.717) is 5.69 Å². The van der Waals surface area contributed by atoms with Crippen molar-refractivity contribution < 1.29 is 14.4 Å². The fourth-order valence-electron chi connectivity index (χ4n) is 1.79. The number of carbonyl (C=O) groups excluding carboxylic acids is 3. The SMILES string of the molecule is CC1C(=O)NC(=O)CN1C(=O)c1ccc(N)c(Cl)c1. The van der Waals surface area contributed by atoms with Gasteiger partial charge in [0.25, 0.3) is 5.91 Å². The maximum atomic E-state index is 12.3. The molecule has 1 atom stereocenters. The molecule has 0 radical (unpaired) electrons. The van der Waals surface area contributed by atoms with E-state index in [1.165, 1.54) is 23.1 Å². The summed E-state index contributed by atoms with van der Waals surface area (Å²) < 4.78 is 0. The Bertz CT molecular complexity index is 573. The van der Waals surface area contributed by atoms with Gasteiger partial charge in [-0.15, -0.1) is 0 Å². The minimum atomic E-state index is -0.707. The summed E-state index contributed by atoms with van der Waals surface area (Å²) in [5.74, 6) is -1.43. The van der Waals surface area contributed by atoms with E-state index >= 15 is 0 Å². The van der Waals surface area contributed by atoms with Crippen molar-refractivity contribution in [3.8, 4) is 0 Å². The zero-order valence-corrected chi connectivity index (χ0v) is 10.9. The van der Waals surface area contributed by atoms with E-state index in [-0.39, 0.29) is 17.1 Å². The summed E-state index contributed by atoms with van der Waals surface area (Å²) in [7, 11) is 0. The van der Waals surface area contributed by atoms with Crippen LogP contribution in [0.15, 0.2) is 18.2 Å². The number of nitrogens with zero attached hydrogens (tertiary/aromatic N) is 1. The molecule has 0 aliphatic carbocycles. The number of piperazine rings is 1. The summed E-state index contributed by atoms with van der Waals surface area (Å²) in [6.07, 6.45) is 0. The van der Waals surface area contributed by atoms with Crippen LogP contribution < -0.4 is 11.1 Å². The summed E-state index contributed by atoms with van der Waals surface area (Å²) in [5, 5.41) is 2.42. The van der Waals surface area contributed by atoms with Gasteiger partial charge in [-0.3, -0.25) is 19.7 Å². The molecule has 7 heteroatoms. The summed E-state index contributed by atoms with van der Waals surface area (Å²) in [6, 6.07) is 3.73. The lowest BCUT2D eigenvalue weighted by Gasteiger charge is -2.31. The Hall–Kier alpha value is -2.08. The van der Waals surface area contributed by atoms with Gasteiger partial charge in [0.2, 0.25) is 11.8 Å². The van der Waals surface area contributed by atoms with Gasteiger partial charge in [0.1, 0.15) is 12.6 Å². The number of benzene rings is 1. The highest BCUT2D eigenvalue weighted by molar-refractivity contribution is 6.33. The molecule has 0 saturated carbocycles. The minimum Gasteiger partial charge on any atom is -0.398 e. The largest absolute Gasteiger partial charge is 0.398 e. The summed E-state index contributed by atoms with van der Waals surface area (Å²) >= 11 is 5.85. The van der Waals surface area contributed by atoms with E-state index in [4.69, 9.17) is 17.3 Å². The normalized spacial score (nSPS) is 19.3. The highest BCUT2D eigenvalue weighted by Gasteiger charge is 2.34. The molecule has 1 aromatic rings. The summed E-state index contributed by atoms with van der Waals surface area (Å²) in [5.41, 5.74) is 6.21. The third-order valence-electron chi connectivity index (χ3n) is 2.93. The molecule has 1 unspecified atom stereocenters. The van der Waals surface area contributed by atoms with Gasteiger partial charge in [-0.25, -0.2) is 0 Å². The van der Waals surface area contributed by atoms with Gasteiger partial charge < -0.3 is 10.6 Å². The Morgan fingerprint density at radius 1 is 1.47 bits per heavy atom. The van der Waals surface area contributed by atoms with E-state index in [9.17, 15) is 14.4 Å². The van der Waals surface area contributed by atoms with Gasteiger partial charge >= 0.3 is 0 Å². The number of nitrogens with two attached hydrogens (primary N) is 1. The number of rotatable bonds is 1. The molecule has 1 fully saturated rings. The van der Waals surface area contributed by atoms with Crippen LogP contribution in [-0.2, 0) is 9.59 Å². The molecule has 6 nitrogen and oxygen atoms in total. The number of nitrogens with one attached hydrogen (secondary N) is 1. The Labute approximate surface area is 114 Å². The number of nitrogen functional groups attached to an aromatic ring is 1. The zero-order chi connectivity index (χ0) is 14.2. The van der Waals surface area contributed by atoms with Crippen LogP contribution in [0.2, 0.25) is 5.02 Å². The van der Waals surface area contributed by atoms with Crippen LogP contribution in [-0.4, -0.2) is 35.2 Å². The van der Waals surface area contributed by atoms with Crippen LogP contribution >= 0.6 is 11.6 Å². The molecule has 0 aromatic heterocycles. The second-order valence-corrected chi connectivity index (χ2v) is 4.66. The predicted octanol–water partition coefficient (Wildman–Crippen LogP) is 0.409. The number of anilines is 1. The average molecular weight is 282 g/mol. The molecule has 2 rings (SSSR count). The molecule has 100 valence electrons. The quantitative estimate of drug-likeness (QED) is 0.576. The van der Waals surface area contributed by atoms with E-state index in [2.05, 4.69) is 5.32 Å². The number of imide groups is 1. The van der Waals surface area contributed by atoms with E-state index < -0.39 is 23.8 Å². The van der Waals surface area contributed by atoms with Crippen molar-refractivity contribution in [2.24, 2.45) is 0 Å². The molecule has 0 bridgehead atoms. The Morgan fingerprint density at radius 3 is 2.79 bits per heavy atom. The van der Waals surface area contributed by atoms with E-state index in [1.807, 2.05) is 0 Å². The first-order valence-corrected chi connectivity index (χ1v) is 5.97. The summed E-state index contributed by atoms with van der Waals surface area (Å²) in [6.45, 7) is 1.40. The molecule has 1 aliphatic rings. The molecule has 1 aromatic carbocycles. The fraction of sp³-hybridized carbons (Fsp3) is 0.250. The second kappa shape index (κ2) is 4.89. The van der Waals surface area contributed by atoms with Crippen molar-refractivity contribution in [3.63, 3.8) is 0 Å². The van der Waals surface area contributed by atoms with Gasteiger partial charge in [0.05, 0.1) is 10.7 Å². The molecule has 0 spiro atoms. The molecular weight excluding hydrogens is 270 g/mol. The lowest BCUT2D eigenvalue weighted by Crippen LogP contribution is -2.58. The molecule has 1 saturated heterocycles. The third kappa shape index (κ3) is 2.53. The number of amides is 3. The van der Waals surface area contributed by atoms with Crippen LogP contribution in [0.25, 0.3) is 0 Å². The zero-order valence-electron chi connectivity index (χ0n) is 10.1. The van der Waals surface area contributed by atoms with Crippen LogP contribution in [0.1, 0.15) is 17.3 Å². The first kappa shape index (κ1) is 13.4. The van der Waals surface area contributed by atoms with Crippen LogP contribution in [0.4, 0.5) is 5.69 Å². The Balaban J connectivity index is 2.29. The number of hydrogen-bond donors (Lipinski definition) is 2. The van der Waals surface area contributed by atoms with Crippen LogP contribution in [0.5, 0.6) is 0 Å². The van der Waals surface area contributed by atoms with E-state index in [0.717, 1.165) is 0 Å². The van der Waals surface area contributed by atoms with Crippen molar-refractivity contribution in [3.05, 3.63) is 28.8 Å². The lowest BCUT2D eigenvalue weighted by atomic mass is 10.1. The number of halogens is 1. The topological polar surface area (TPSA) is 92.5 Å². The van der Waals surface area contributed by atoms with Gasteiger partial charge in [0, 0.05) is 5.56 Å². The van der Waals surface area contributed by atoms with Gasteiger partial charge in [0.15, 0.2) is 0 Å². The van der Waals surface area contributed by atoms with E-state index in [1.54, 1.807) is 6.92 Å². The number of hydrogen-bond acceptors (Lipinski definition) is 4. The van der Waals surface area contributed by atoms with Crippen molar-refractivity contribution in [1.29, 1.82) is 0 Å².